The van der Waals surface area contributed by atoms with Crippen LogP contribution in [0.3, 0.4) is 0 Å². The lowest BCUT2D eigenvalue weighted by Crippen LogP contribution is -2.25. The van der Waals surface area contributed by atoms with Gasteiger partial charge in [-0.15, -0.1) is 0 Å². The van der Waals surface area contributed by atoms with Crippen LogP contribution >= 0.6 is 0 Å². The molecule has 1 unspecified atom stereocenters. The summed E-state index contributed by atoms with van der Waals surface area (Å²) >= 11 is 0. The van der Waals surface area contributed by atoms with Crippen molar-refractivity contribution in [1.82, 2.24) is 9.97 Å². The largest absolute Gasteiger partial charge is 0.370 e. The van der Waals surface area contributed by atoms with E-state index in [0.717, 1.165) is 24.0 Å². The number of hydrogen-bond acceptors (Lipinski definition) is 4. The molecule has 0 spiro atoms. The third kappa shape index (κ3) is 3.84. The van der Waals surface area contributed by atoms with Gasteiger partial charge >= 0.3 is 0 Å². The molecule has 20 heavy (non-hydrogen) atoms. The van der Waals surface area contributed by atoms with E-state index in [2.05, 4.69) is 43.3 Å². The summed E-state index contributed by atoms with van der Waals surface area (Å²) in [6, 6.07) is 2.48. The van der Waals surface area contributed by atoms with E-state index in [-0.39, 0.29) is 0 Å². The quantitative estimate of drug-likeness (QED) is 0.753. The van der Waals surface area contributed by atoms with E-state index in [1.165, 1.54) is 25.7 Å². The Morgan fingerprint density at radius 1 is 1.15 bits per heavy atom. The lowest BCUT2D eigenvalue weighted by molar-refractivity contribution is 0.437. The molecule has 0 aliphatic heterocycles. The molecule has 0 saturated heterocycles. The van der Waals surface area contributed by atoms with Gasteiger partial charge in [0.25, 0.3) is 0 Å². The average Bonchev–Trinajstić information content (AvgIpc) is 3.24. The third-order valence-corrected chi connectivity index (χ3v) is 4.18. The maximum absolute atomic E-state index is 4.71. The Labute approximate surface area is 122 Å². The third-order valence-electron chi connectivity index (χ3n) is 4.18. The summed E-state index contributed by atoms with van der Waals surface area (Å²) in [5.74, 6) is 4.19. The van der Waals surface area contributed by atoms with Crippen LogP contribution in [0.4, 0.5) is 11.6 Å². The second kappa shape index (κ2) is 6.91. The molecule has 1 saturated carbocycles. The lowest BCUT2D eigenvalue weighted by atomic mass is 9.95. The summed E-state index contributed by atoms with van der Waals surface area (Å²) in [6.07, 6.45) is 4.87. The Balaban J connectivity index is 2.12. The topological polar surface area (TPSA) is 49.8 Å². The van der Waals surface area contributed by atoms with Gasteiger partial charge in [-0.3, -0.25) is 0 Å². The zero-order valence-electron chi connectivity index (χ0n) is 13.2. The molecule has 1 aliphatic carbocycles. The van der Waals surface area contributed by atoms with Crippen LogP contribution in [0.15, 0.2) is 6.07 Å². The molecule has 1 aromatic rings. The Morgan fingerprint density at radius 2 is 1.80 bits per heavy atom. The van der Waals surface area contributed by atoms with E-state index in [9.17, 15) is 0 Å². The van der Waals surface area contributed by atoms with Gasteiger partial charge in [-0.05, 0) is 32.6 Å². The highest BCUT2D eigenvalue weighted by atomic mass is 15.1. The zero-order valence-corrected chi connectivity index (χ0v) is 13.2. The number of hydrogen-bond donors (Lipinski definition) is 2. The molecular formula is C16H28N4. The molecule has 1 atom stereocenters. The first kappa shape index (κ1) is 15.1. The van der Waals surface area contributed by atoms with Crippen molar-refractivity contribution in [3.05, 3.63) is 11.9 Å². The van der Waals surface area contributed by atoms with Gasteiger partial charge in [-0.1, -0.05) is 26.7 Å². The number of aromatic nitrogens is 2. The molecule has 1 fully saturated rings. The molecule has 2 N–H and O–H groups in total. The molecule has 1 aliphatic rings. The number of nitrogens with zero attached hydrogens (tertiary/aromatic N) is 2. The standard InChI is InChI=1S/C16H28N4/c1-5-12(6-2)11(4)18-15-10-14(17-7-3)19-16(20-15)13-8-9-13/h10-13H,5-9H2,1-4H3,(H2,17,18,19,20). The van der Waals surface area contributed by atoms with Crippen molar-refractivity contribution in [2.24, 2.45) is 5.92 Å². The SMILES string of the molecule is CCNc1cc(NC(C)C(CC)CC)nc(C2CC2)n1. The predicted octanol–water partition coefficient (Wildman–Crippen LogP) is 4.02. The van der Waals surface area contributed by atoms with Crippen LogP contribution in [0.2, 0.25) is 0 Å². The minimum absolute atomic E-state index is 0.446. The van der Waals surface area contributed by atoms with Gasteiger partial charge < -0.3 is 10.6 Å². The second-order valence-electron chi connectivity index (χ2n) is 5.81. The van der Waals surface area contributed by atoms with Crippen LogP contribution in [0.1, 0.15) is 65.1 Å². The van der Waals surface area contributed by atoms with E-state index >= 15 is 0 Å². The Morgan fingerprint density at radius 3 is 2.35 bits per heavy atom. The van der Waals surface area contributed by atoms with Crippen molar-refractivity contribution < 1.29 is 0 Å². The van der Waals surface area contributed by atoms with Crippen LogP contribution in [0, 0.1) is 5.92 Å². The van der Waals surface area contributed by atoms with Crippen molar-refractivity contribution >= 4 is 11.6 Å². The fourth-order valence-electron chi connectivity index (χ4n) is 2.68. The normalized spacial score (nSPS) is 16.2. The van der Waals surface area contributed by atoms with Crippen molar-refractivity contribution in [1.29, 1.82) is 0 Å². The van der Waals surface area contributed by atoms with E-state index in [1.54, 1.807) is 0 Å². The van der Waals surface area contributed by atoms with Crippen molar-refractivity contribution in [2.75, 3.05) is 17.2 Å². The Bertz CT molecular complexity index is 424. The molecular weight excluding hydrogens is 248 g/mol. The van der Waals surface area contributed by atoms with Gasteiger partial charge in [0.2, 0.25) is 0 Å². The summed E-state index contributed by atoms with van der Waals surface area (Å²) in [6.45, 7) is 9.75. The molecule has 1 heterocycles. The molecule has 1 aromatic heterocycles. The minimum Gasteiger partial charge on any atom is -0.370 e. The Hall–Kier alpha value is -1.32. The van der Waals surface area contributed by atoms with E-state index < -0.39 is 0 Å². The monoisotopic (exact) mass is 276 g/mol. The van der Waals surface area contributed by atoms with Crippen molar-refractivity contribution in [3.63, 3.8) is 0 Å². The van der Waals surface area contributed by atoms with Gasteiger partial charge in [-0.2, -0.15) is 0 Å². The first-order valence-corrected chi connectivity index (χ1v) is 8.07. The van der Waals surface area contributed by atoms with Gasteiger partial charge in [0, 0.05) is 24.6 Å². The van der Waals surface area contributed by atoms with Crippen LogP contribution in [-0.4, -0.2) is 22.6 Å². The first-order chi connectivity index (χ1) is 9.67. The maximum Gasteiger partial charge on any atom is 0.136 e. The maximum atomic E-state index is 4.71. The minimum atomic E-state index is 0.446. The smallest absolute Gasteiger partial charge is 0.136 e. The van der Waals surface area contributed by atoms with Crippen molar-refractivity contribution in [2.45, 2.75) is 65.3 Å². The van der Waals surface area contributed by atoms with Gasteiger partial charge in [-0.25, -0.2) is 9.97 Å². The van der Waals surface area contributed by atoms with E-state index in [4.69, 9.17) is 4.98 Å². The van der Waals surface area contributed by atoms with Crippen LogP contribution in [0.25, 0.3) is 0 Å². The lowest BCUT2D eigenvalue weighted by Gasteiger charge is -2.23. The van der Waals surface area contributed by atoms with E-state index in [0.29, 0.717) is 17.9 Å². The van der Waals surface area contributed by atoms with Gasteiger partial charge in [0.15, 0.2) is 0 Å². The predicted molar refractivity (Wildman–Crippen MR) is 85.3 cm³/mol. The highest BCUT2D eigenvalue weighted by Gasteiger charge is 2.27. The highest BCUT2D eigenvalue weighted by Crippen LogP contribution is 2.39. The molecule has 0 aromatic carbocycles. The molecule has 0 bridgehead atoms. The van der Waals surface area contributed by atoms with Crippen LogP contribution in [-0.2, 0) is 0 Å². The summed E-state index contributed by atoms with van der Waals surface area (Å²) in [5.41, 5.74) is 0. The fraction of sp³-hybridized carbons (Fsp3) is 0.750. The summed E-state index contributed by atoms with van der Waals surface area (Å²) in [5, 5.41) is 6.88. The number of rotatable bonds is 8. The molecule has 4 nitrogen and oxygen atoms in total. The van der Waals surface area contributed by atoms with E-state index in [1.807, 2.05) is 6.07 Å². The molecule has 112 valence electrons. The Kier molecular flexibility index (Phi) is 5.21. The average molecular weight is 276 g/mol. The number of nitrogens with one attached hydrogen (secondary N) is 2. The zero-order chi connectivity index (χ0) is 14.5. The highest BCUT2D eigenvalue weighted by molar-refractivity contribution is 5.48. The number of anilines is 2. The van der Waals surface area contributed by atoms with Crippen LogP contribution < -0.4 is 10.6 Å². The van der Waals surface area contributed by atoms with Gasteiger partial charge in [0.1, 0.15) is 17.5 Å². The first-order valence-electron chi connectivity index (χ1n) is 8.07. The fourth-order valence-corrected chi connectivity index (χ4v) is 2.68. The summed E-state index contributed by atoms with van der Waals surface area (Å²) < 4.78 is 0. The molecule has 2 rings (SSSR count). The molecule has 0 amide bonds. The van der Waals surface area contributed by atoms with Crippen molar-refractivity contribution in [3.8, 4) is 0 Å². The second-order valence-corrected chi connectivity index (χ2v) is 5.81. The summed E-state index contributed by atoms with van der Waals surface area (Å²) in [7, 11) is 0. The molecule has 4 heteroatoms. The summed E-state index contributed by atoms with van der Waals surface area (Å²) in [4.78, 5) is 9.32. The van der Waals surface area contributed by atoms with Crippen LogP contribution in [0.5, 0.6) is 0 Å². The van der Waals surface area contributed by atoms with Gasteiger partial charge in [0.05, 0.1) is 0 Å². The molecule has 0 radical (unpaired) electrons.